The Morgan fingerprint density at radius 3 is 2.17 bits per heavy atom. The number of nitrogens with zero attached hydrogens (tertiary/aromatic N) is 3. The van der Waals surface area contributed by atoms with E-state index in [1.807, 2.05) is 25.9 Å². The highest BCUT2D eigenvalue weighted by Crippen LogP contribution is 2.17. The Hall–Kier alpha value is -2.68. The molecular formula is C14H21N3O6. The molecule has 0 bridgehead atoms. The molecule has 0 radical (unpaired) electrons. The van der Waals surface area contributed by atoms with Crippen LogP contribution < -0.4 is 4.74 Å². The molecule has 0 unspecified atom stereocenters. The minimum atomic E-state index is -1.82. The number of ether oxygens (including phenoxy) is 1. The smallest absolute Gasteiger partial charge is 0.415 e. The summed E-state index contributed by atoms with van der Waals surface area (Å²) in [5, 5.41) is 14.8. The molecule has 0 aliphatic rings. The molecule has 1 aromatic heterocycles. The lowest BCUT2D eigenvalue weighted by atomic mass is 10.3. The lowest BCUT2D eigenvalue weighted by Gasteiger charge is -2.16. The van der Waals surface area contributed by atoms with E-state index in [9.17, 15) is 4.79 Å². The van der Waals surface area contributed by atoms with Crippen molar-refractivity contribution in [3.8, 4) is 5.75 Å². The van der Waals surface area contributed by atoms with E-state index in [1.54, 1.807) is 25.4 Å². The van der Waals surface area contributed by atoms with Gasteiger partial charge in [0.05, 0.1) is 5.69 Å². The van der Waals surface area contributed by atoms with Crippen LogP contribution in [0.2, 0.25) is 0 Å². The van der Waals surface area contributed by atoms with Crippen molar-refractivity contribution in [3.63, 3.8) is 0 Å². The maximum Gasteiger partial charge on any atom is 0.415 e. The molecule has 0 saturated carbocycles. The summed E-state index contributed by atoms with van der Waals surface area (Å²) in [5.74, 6) is -3.13. The molecule has 9 heteroatoms. The first-order chi connectivity index (χ1) is 10.7. The lowest BCUT2D eigenvalue weighted by molar-refractivity contribution is -0.159. The number of aromatic nitrogens is 1. The van der Waals surface area contributed by atoms with Gasteiger partial charge in [-0.25, -0.2) is 14.4 Å². The predicted molar refractivity (Wildman–Crippen MR) is 81.2 cm³/mol. The molecule has 0 aromatic carbocycles. The van der Waals surface area contributed by atoms with E-state index in [4.69, 9.17) is 24.5 Å². The first-order valence-electron chi connectivity index (χ1n) is 6.66. The number of carboxylic acids is 2. The minimum Gasteiger partial charge on any atom is -0.473 e. The number of carboxylic acid groups (broad SMARTS) is 2. The van der Waals surface area contributed by atoms with E-state index in [-0.39, 0.29) is 6.09 Å². The van der Waals surface area contributed by atoms with Crippen LogP contribution >= 0.6 is 0 Å². The second-order valence-corrected chi connectivity index (χ2v) is 4.68. The Morgan fingerprint density at radius 2 is 1.74 bits per heavy atom. The molecule has 128 valence electrons. The largest absolute Gasteiger partial charge is 0.473 e. The van der Waals surface area contributed by atoms with E-state index >= 15 is 0 Å². The van der Waals surface area contributed by atoms with Crippen LogP contribution in [0.15, 0.2) is 18.3 Å². The molecule has 0 saturated heterocycles. The van der Waals surface area contributed by atoms with Gasteiger partial charge in [-0.15, -0.1) is 0 Å². The van der Waals surface area contributed by atoms with Crippen molar-refractivity contribution in [1.29, 1.82) is 0 Å². The lowest BCUT2D eigenvalue weighted by Crippen LogP contribution is -2.29. The summed E-state index contributed by atoms with van der Waals surface area (Å²) in [6.45, 7) is 3.15. The second kappa shape index (κ2) is 10.1. The van der Waals surface area contributed by atoms with E-state index < -0.39 is 11.9 Å². The van der Waals surface area contributed by atoms with Crippen molar-refractivity contribution in [1.82, 2.24) is 14.8 Å². The van der Waals surface area contributed by atoms with Gasteiger partial charge in [-0.05, 0) is 33.2 Å². The van der Waals surface area contributed by atoms with Crippen LogP contribution in [0.25, 0.3) is 0 Å². The van der Waals surface area contributed by atoms with Gasteiger partial charge in [0.2, 0.25) is 0 Å². The molecule has 1 heterocycles. The summed E-state index contributed by atoms with van der Waals surface area (Å²) in [6.07, 6.45) is 1.33. The van der Waals surface area contributed by atoms with Crippen LogP contribution in [0.1, 0.15) is 12.6 Å². The van der Waals surface area contributed by atoms with E-state index in [0.717, 1.165) is 5.69 Å². The molecule has 0 fully saturated rings. The molecular weight excluding hydrogens is 306 g/mol. The zero-order valence-electron chi connectivity index (χ0n) is 13.5. The number of carbonyl (C=O) groups excluding carboxylic acids is 1. The van der Waals surface area contributed by atoms with Crippen LogP contribution in [-0.2, 0) is 16.1 Å². The average Bonchev–Trinajstić information content (AvgIpc) is 2.48. The van der Waals surface area contributed by atoms with Crippen molar-refractivity contribution in [2.75, 3.05) is 27.7 Å². The molecule has 1 amide bonds. The Morgan fingerprint density at radius 1 is 1.17 bits per heavy atom. The normalized spacial score (nSPS) is 9.61. The first-order valence-corrected chi connectivity index (χ1v) is 6.66. The molecule has 0 spiro atoms. The van der Waals surface area contributed by atoms with Gasteiger partial charge < -0.3 is 24.7 Å². The van der Waals surface area contributed by atoms with Crippen LogP contribution in [0.4, 0.5) is 4.79 Å². The third-order valence-corrected chi connectivity index (χ3v) is 2.48. The molecule has 1 aromatic rings. The number of rotatable bonds is 4. The number of pyridine rings is 1. The topological polar surface area (TPSA) is 120 Å². The second-order valence-electron chi connectivity index (χ2n) is 4.68. The van der Waals surface area contributed by atoms with Crippen molar-refractivity contribution in [2.24, 2.45) is 0 Å². The number of hydrogen-bond acceptors (Lipinski definition) is 6. The monoisotopic (exact) mass is 327 g/mol. The van der Waals surface area contributed by atoms with Crippen molar-refractivity contribution >= 4 is 18.0 Å². The van der Waals surface area contributed by atoms with Gasteiger partial charge in [-0.3, -0.25) is 4.98 Å². The van der Waals surface area contributed by atoms with Gasteiger partial charge in [0.15, 0.2) is 5.75 Å². The molecule has 0 atom stereocenters. The van der Waals surface area contributed by atoms with Crippen molar-refractivity contribution < 1.29 is 29.3 Å². The highest BCUT2D eigenvalue weighted by atomic mass is 16.6. The summed E-state index contributed by atoms with van der Waals surface area (Å²) < 4.78 is 5.30. The number of carbonyl (C=O) groups is 3. The molecule has 0 aliphatic heterocycles. The first kappa shape index (κ1) is 20.3. The quantitative estimate of drug-likeness (QED) is 0.777. The van der Waals surface area contributed by atoms with Gasteiger partial charge >= 0.3 is 18.0 Å². The fourth-order valence-corrected chi connectivity index (χ4v) is 1.24. The summed E-state index contributed by atoms with van der Waals surface area (Å²) in [5.41, 5.74) is 0.760. The Bertz CT molecular complexity index is 535. The Labute approximate surface area is 134 Å². The summed E-state index contributed by atoms with van der Waals surface area (Å²) >= 11 is 0. The number of aliphatic carboxylic acids is 2. The van der Waals surface area contributed by atoms with Gasteiger partial charge in [0, 0.05) is 26.3 Å². The fraction of sp³-hybridized carbons (Fsp3) is 0.429. The van der Waals surface area contributed by atoms with Crippen LogP contribution in [0.3, 0.4) is 0 Å². The summed E-state index contributed by atoms with van der Waals surface area (Å²) in [6, 6.07) is 3.51. The molecule has 0 aliphatic carbocycles. The highest BCUT2D eigenvalue weighted by Gasteiger charge is 2.13. The zero-order valence-corrected chi connectivity index (χ0v) is 13.5. The average molecular weight is 327 g/mol. The van der Waals surface area contributed by atoms with Gasteiger partial charge in [-0.2, -0.15) is 0 Å². The third kappa shape index (κ3) is 8.37. The maximum atomic E-state index is 11.6. The fourth-order valence-electron chi connectivity index (χ4n) is 1.24. The minimum absolute atomic E-state index is 0.361. The van der Waals surface area contributed by atoms with Crippen LogP contribution in [-0.4, -0.2) is 70.7 Å². The number of hydrogen-bond donors (Lipinski definition) is 2. The third-order valence-electron chi connectivity index (χ3n) is 2.48. The van der Waals surface area contributed by atoms with E-state index in [0.29, 0.717) is 18.8 Å². The maximum absolute atomic E-state index is 11.6. The van der Waals surface area contributed by atoms with Crippen molar-refractivity contribution in [3.05, 3.63) is 24.0 Å². The van der Waals surface area contributed by atoms with Crippen LogP contribution in [0, 0.1) is 0 Å². The molecule has 1 rings (SSSR count). The Balaban J connectivity index is 0.000000688. The van der Waals surface area contributed by atoms with E-state index in [1.165, 1.54) is 4.90 Å². The standard InChI is InChI=1S/C12H19N3O2.C2H2O4/c1-5-15(4)12(16)17-11-7-6-8-13-10(11)9-14(2)3;3-1(4)2(5)6/h6-8H,5,9H2,1-4H3;(H,3,4)(H,5,6). The van der Waals surface area contributed by atoms with Gasteiger partial charge in [-0.1, -0.05) is 0 Å². The van der Waals surface area contributed by atoms with Gasteiger partial charge in [0.1, 0.15) is 0 Å². The summed E-state index contributed by atoms with van der Waals surface area (Å²) in [7, 11) is 5.58. The Kier molecular flexibility index (Phi) is 8.94. The van der Waals surface area contributed by atoms with Crippen molar-refractivity contribution in [2.45, 2.75) is 13.5 Å². The predicted octanol–water partition coefficient (Wildman–Crippen LogP) is 0.749. The van der Waals surface area contributed by atoms with Gasteiger partial charge in [0.25, 0.3) is 0 Å². The zero-order chi connectivity index (χ0) is 18.0. The molecule has 9 nitrogen and oxygen atoms in total. The van der Waals surface area contributed by atoms with E-state index in [2.05, 4.69) is 4.98 Å². The molecule has 2 N–H and O–H groups in total. The molecule has 23 heavy (non-hydrogen) atoms. The highest BCUT2D eigenvalue weighted by molar-refractivity contribution is 6.27. The number of amides is 1. The summed E-state index contributed by atoms with van der Waals surface area (Å²) in [4.78, 5) is 37.5. The SMILES string of the molecule is CCN(C)C(=O)Oc1cccnc1CN(C)C.O=C(O)C(=O)O. The van der Waals surface area contributed by atoms with Crippen LogP contribution in [0.5, 0.6) is 5.75 Å².